The van der Waals surface area contributed by atoms with Crippen molar-refractivity contribution in [3.05, 3.63) is 42.5 Å². The second-order valence-electron chi connectivity index (χ2n) is 15.0. The van der Waals surface area contributed by atoms with Gasteiger partial charge >= 0.3 is 5.97 Å². The number of aliphatic hydroxyl groups is 1. The monoisotopic (exact) mass is 622 g/mol. The Kier molecular flexibility index (Phi) is 8.59. The highest BCUT2D eigenvalue weighted by Crippen LogP contribution is 2.82. The SMILES string of the molecule is C=C[C@]1(C)C[C@@H](OC(=O)CSc2cccc(/C=N/OCCN3CCCC3)c2)[C@]2(C)C(C)CC34CC(CCC3=O)(C42)[C@@H](C)[C@@H]1O. The molecule has 1 heterocycles. The molecule has 0 radical (unpaired) electrons. The van der Waals surface area contributed by atoms with Gasteiger partial charge in [0, 0.05) is 34.1 Å². The highest BCUT2D eigenvalue weighted by Gasteiger charge is 2.81. The Morgan fingerprint density at radius 2 is 2.00 bits per heavy atom. The quantitative estimate of drug-likeness (QED) is 0.0839. The Hall–Kier alpha value is -2.16. The average molecular weight is 623 g/mol. The summed E-state index contributed by atoms with van der Waals surface area (Å²) in [4.78, 5) is 35.9. The lowest BCUT2D eigenvalue weighted by atomic mass is 9.32. The molecular formula is C36H50N2O5S. The van der Waals surface area contributed by atoms with Crippen LogP contribution in [0.15, 0.2) is 47.0 Å². The van der Waals surface area contributed by atoms with E-state index in [1.165, 1.54) is 24.6 Å². The molecule has 7 nitrogen and oxygen atoms in total. The van der Waals surface area contributed by atoms with E-state index in [1.54, 1.807) is 6.21 Å². The van der Waals surface area contributed by atoms with Crippen LogP contribution in [-0.2, 0) is 19.2 Å². The summed E-state index contributed by atoms with van der Waals surface area (Å²) in [5.74, 6) is 0.689. The van der Waals surface area contributed by atoms with Crippen molar-refractivity contribution in [1.29, 1.82) is 0 Å². The number of nitrogens with zero attached hydrogens (tertiary/aromatic N) is 2. The normalized spacial score (nSPS) is 41.5. The molecule has 44 heavy (non-hydrogen) atoms. The molecule has 1 aromatic rings. The summed E-state index contributed by atoms with van der Waals surface area (Å²) < 4.78 is 6.46. The minimum absolute atomic E-state index is 0.0415. The van der Waals surface area contributed by atoms with Gasteiger partial charge in [-0.3, -0.25) is 14.5 Å². The van der Waals surface area contributed by atoms with E-state index in [-0.39, 0.29) is 45.7 Å². The van der Waals surface area contributed by atoms with E-state index in [1.807, 2.05) is 30.3 Å². The molecule has 1 aromatic carbocycles. The summed E-state index contributed by atoms with van der Waals surface area (Å²) >= 11 is 1.45. The van der Waals surface area contributed by atoms with E-state index in [0.717, 1.165) is 49.4 Å². The van der Waals surface area contributed by atoms with Crippen molar-refractivity contribution in [3.8, 4) is 0 Å². The smallest absolute Gasteiger partial charge is 0.316 e. The Bertz CT molecular complexity index is 1310. The molecule has 6 rings (SSSR count). The van der Waals surface area contributed by atoms with Crippen LogP contribution in [0.2, 0.25) is 0 Å². The maximum Gasteiger partial charge on any atom is 0.316 e. The van der Waals surface area contributed by atoms with Gasteiger partial charge in [0.2, 0.25) is 0 Å². The first-order valence-corrected chi connectivity index (χ1v) is 17.6. The molecule has 1 saturated heterocycles. The number of aliphatic hydroxyl groups excluding tert-OH is 1. The van der Waals surface area contributed by atoms with Crippen LogP contribution in [0.3, 0.4) is 0 Å². The van der Waals surface area contributed by atoms with E-state index in [9.17, 15) is 14.7 Å². The van der Waals surface area contributed by atoms with Crippen LogP contribution in [0, 0.1) is 39.4 Å². The van der Waals surface area contributed by atoms with Gasteiger partial charge < -0.3 is 14.7 Å². The molecule has 0 amide bonds. The number of benzene rings is 1. The lowest BCUT2D eigenvalue weighted by Gasteiger charge is -2.71. The largest absolute Gasteiger partial charge is 0.461 e. The third kappa shape index (κ3) is 5.07. The van der Waals surface area contributed by atoms with Crippen LogP contribution in [0.1, 0.15) is 78.2 Å². The van der Waals surface area contributed by atoms with Crippen LogP contribution in [-0.4, -0.2) is 72.2 Å². The van der Waals surface area contributed by atoms with Crippen LogP contribution in [0.4, 0.5) is 0 Å². The van der Waals surface area contributed by atoms with Crippen LogP contribution in [0.5, 0.6) is 0 Å². The fourth-order valence-electron chi connectivity index (χ4n) is 10.4. The summed E-state index contributed by atoms with van der Waals surface area (Å²) in [6.45, 7) is 16.6. The Balaban J connectivity index is 1.14. The number of likely N-dealkylation sites (tertiary alicyclic amines) is 1. The van der Waals surface area contributed by atoms with Crippen molar-refractivity contribution in [2.75, 3.05) is 32.0 Å². The number of ether oxygens (including phenoxy) is 1. The first-order valence-electron chi connectivity index (χ1n) is 16.6. The number of rotatable bonds is 10. The molecule has 0 aromatic heterocycles. The molecule has 4 unspecified atom stereocenters. The van der Waals surface area contributed by atoms with Gasteiger partial charge in [0.1, 0.15) is 18.5 Å². The zero-order valence-corrected chi connectivity index (χ0v) is 27.7. The minimum atomic E-state index is -0.615. The van der Waals surface area contributed by atoms with Crippen molar-refractivity contribution < 1.29 is 24.3 Å². The lowest BCUT2D eigenvalue weighted by molar-refractivity contribution is -0.257. The summed E-state index contributed by atoms with van der Waals surface area (Å²) in [5, 5.41) is 15.9. The highest BCUT2D eigenvalue weighted by molar-refractivity contribution is 8.00. The Morgan fingerprint density at radius 1 is 1.23 bits per heavy atom. The zero-order chi connectivity index (χ0) is 31.3. The van der Waals surface area contributed by atoms with E-state index < -0.39 is 17.6 Å². The van der Waals surface area contributed by atoms with Gasteiger partial charge in [-0.05, 0) is 92.5 Å². The lowest BCUT2D eigenvalue weighted by Crippen LogP contribution is -2.71. The number of thioether (sulfide) groups is 1. The number of ketones is 1. The van der Waals surface area contributed by atoms with E-state index in [4.69, 9.17) is 9.57 Å². The number of hydrogen-bond acceptors (Lipinski definition) is 8. The van der Waals surface area contributed by atoms with Gasteiger partial charge in [-0.2, -0.15) is 0 Å². The summed E-state index contributed by atoms with van der Waals surface area (Å²) in [6.07, 6.45) is 8.69. The number of hydrogen-bond donors (Lipinski definition) is 1. The van der Waals surface area contributed by atoms with E-state index in [0.29, 0.717) is 25.2 Å². The van der Waals surface area contributed by atoms with Gasteiger partial charge in [0.25, 0.3) is 0 Å². The number of oxime groups is 1. The fourth-order valence-corrected chi connectivity index (χ4v) is 11.1. The van der Waals surface area contributed by atoms with Gasteiger partial charge in [-0.25, -0.2) is 0 Å². The van der Waals surface area contributed by atoms with Crippen molar-refractivity contribution in [2.45, 2.75) is 89.7 Å². The van der Waals surface area contributed by atoms with Gasteiger partial charge in [-0.1, -0.05) is 51.1 Å². The maximum atomic E-state index is 13.6. The average Bonchev–Trinajstić information content (AvgIpc) is 3.59. The number of carbonyl (C=O) groups excluding carboxylic acids is 2. The Morgan fingerprint density at radius 3 is 2.75 bits per heavy atom. The molecule has 2 spiro atoms. The maximum absolute atomic E-state index is 13.6. The van der Waals surface area contributed by atoms with Crippen molar-refractivity contribution in [3.63, 3.8) is 0 Å². The molecule has 240 valence electrons. The van der Waals surface area contributed by atoms with Gasteiger partial charge in [-0.15, -0.1) is 18.3 Å². The second kappa shape index (κ2) is 11.9. The van der Waals surface area contributed by atoms with Crippen LogP contribution >= 0.6 is 11.8 Å². The molecule has 9 atom stereocenters. The number of Topliss-reactive ketones (excluding diaryl/α,β-unsaturated/α-hetero) is 1. The van der Waals surface area contributed by atoms with E-state index >= 15 is 0 Å². The van der Waals surface area contributed by atoms with Crippen molar-refractivity contribution in [1.82, 2.24) is 4.90 Å². The van der Waals surface area contributed by atoms with Crippen molar-refractivity contribution >= 4 is 29.7 Å². The van der Waals surface area contributed by atoms with E-state index in [2.05, 4.69) is 44.3 Å². The standard InChI is InChI=1S/C36H50N2O5S/c1-6-33(4)20-29(34(5)24(2)19-36-23-35(32(34)36,13-12-28(36)39)25(3)31(33)41)43-30(40)22-44-27-11-9-10-26(18-27)21-37-42-17-16-38-14-7-8-15-38/h6,9-11,18,21,24-25,29,31-32,41H,1,7-8,12-17,19-20,22-23H2,2-5H3/b37-21+/t24?,25-,29+,31-,32?,33+,34-,35?,36?/m0/s1. The molecule has 1 aliphatic heterocycles. The number of esters is 1. The summed E-state index contributed by atoms with van der Waals surface area (Å²) in [7, 11) is 0. The molecule has 5 aliphatic rings. The molecule has 5 fully saturated rings. The zero-order valence-electron chi connectivity index (χ0n) is 26.9. The van der Waals surface area contributed by atoms with Gasteiger partial charge in [0.15, 0.2) is 0 Å². The third-order valence-corrected chi connectivity index (χ3v) is 13.8. The summed E-state index contributed by atoms with van der Waals surface area (Å²) in [6, 6.07) is 7.92. The Labute approximate surface area is 267 Å². The summed E-state index contributed by atoms with van der Waals surface area (Å²) in [5.41, 5.74) is -0.484. The topological polar surface area (TPSA) is 88.4 Å². The second-order valence-corrected chi connectivity index (χ2v) is 16.0. The first-order chi connectivity index (χ1) is 21.0. The molecule has 4 aliphatic carbocycles. The highest BCUT2D eigenvalue weighted by atomic mass is 32.2. The molecular weight excluding hydrogens is 572 g/mol. The van der Waals surface area contributed by atoms with Gasteiger partial charge in [0.05, 0.1) is 18.1 Å². The predicted molar refractivity (Wildman–Crippen MR) is 173 cm³/mol. The third-order valence-electron chi connectivity index (χ3n) is 12.8. The van der Waals surface area contributed by atoms with Crippen LogP contribution in [0.25, 0.3) is 0 Å². The number of carbonyl (C=O) groups is 2. The molecule has 8 heteroatoms. The van der Waals surface area contributed by atoms with Crippen molar-refractivity contribution in [2.24, 2.45) is 44.6 Å². The predicted octanol–water partition coefficient (Wildman–Crippen LogP) is 6.13. The molecule has 1 N–H and O–H groups in total. The van der Waals surface area contributed by atoms with Crippen LogP contribution < -0.4 is 0 Å². The fraction of sp³-hybridized carbons (Fsp3) is 0.694. The first kappa shape index (κ1) is 31.8. The molecule has 4 saturated carbocycles. The molecule has 2 bridgehead atoms. The minimum Gasteiger partial charge on any atom is -0.461 e.